The molecule has 0 fully saturated rings. The van der Waals surface area contributed by atoms with Gasteiger partial charge < -0.3 is 9.32 Å². The smallest absolute Gasteiger partial charge is 0.159 e. The maximum Gasteiger partial charge on any atom is 0.159 e. The number of anilines is 3. The van der Waals surface area contributed by atoms with E-state index >= 15 is 0 Å². The normalized spacial score (nSPS) is 13.8. The van der Waals surface area contributed by atoms with Gasteiger partial charge in [-0.25, -0.2) is 0 Å². The summed E-state index contributed by atoms with van der Waals surface area (Å²) >= 11 is 0. The van der Waals surface area contributed by atoms with Crippen molar-refractivity contribution in [3.8, 4) is 33.4 Å². The topological polar surface area (TPSA) is 16.4 Å². The zero-order valence-corrected chi connectivity index (χ0v) is 33.9. The third-order valence-electron chi connectivity index (χ3n) is 13.4. The summed E-state index contributed by atoms with van der Waals surface area (Å²) in [4.78, 5) is 2.49. The summed E-state index contributed by atoms with van der Waals surface area (Å²) in [5.74, 6) is 0. The maximum absolute atomic E-state index is 6.92. The first-order valence-corrected chi connectivity index (χ1v) is 21.6. The van der Waals surface area contributed by atoms with E-state index in [0.29, 0.717) is 0 Å². The second kappa shape index (κ2) is 14.4. The lowest BCUT2D eigenvalue weighted by Gasteiger charge is -2.35. The van der Waals surface area contributed by atoms with Gasteiger partial charge in [0.05, 0.1) is 16.8 Å². The van der Waals surface area contributed by atoms with Crippen molar-refractivity contribution in [2.75, 3.05) is 4.90 Å². The second-order valence-corrected chi connectivity index (χ2v) is 16.6. The summed E-state index contributed by atoms with van der Waals surface area (Å²) in [6.45, 7) is 0. The van der Waals surface area contributed by atoms with Gasteiger partial charge in [-0.3, -0.25) is 0 Å². The highest BCUT2D eigenvalue weighted by Crippen LogP contribution is 2.59. The van der Waals surface area contributed by atoms with Gasteiger partial charge in [0.25, 0.3) is 0 Å². The largest absolute Gasteiger partial charge is 0.454 e. The van der Waals surface area contributed by atoms with Gasteiger partial charge in [-0.1, -0.05) is 176 Å². The summed E-state index contributed by atoms with van der Waals surface area (Å²) in [7, 11) is 0. The summed E-state index contributed by atoms with van der Waals surface area (Å²) in [5.41, 5.74) is 19.9. The standard InChI is InChI=1S/C59H43NO/c1-4-18-40(19-5-1)41-34-36-45(37-35-41)60(55-32-17-30-50-49-28-13-15-33-57(49)61-58(50)55)56-39-54-51(38-52(56)47-29-16-21-42-20-10-11-26-46(42)47)48-27-12-14-31-53(48)59(54,43-22-6-2-7-23-43)44-24-8-3-9-25-44/h1-9,12-19,21-25,27-39H,10-11,20,26H2. The molecule has 2 aliphatic carbocycles. The van der Waals surface area contributed by atoms with Gasteiger partial charge in [-0.05, 0) is 123 Å². The predicted octanol–water partition coefficient (Wildman–Crippen LogP) is 15.6. The van der Waals surface area contributed by atoms with Gasteiger partial charge >= 0.3 is 0 Å². The molecule has 2 nitrogen and oxygen atoms in total. The van der Waals surface area contributed by atoms with Crippen LogP contribution in [0.15, 0.2) is 217 Å². The van der Waals surface area contributed by atoms with Crippen molar-refractivity contribution in [2.24, 2.45) is 0 Å². The third-order valence-corrected chi connectivity index (χ3v) is 13.4. The molecular formula is C59H43NO. The van der Waals surface area contributed by atoms with E-state index in [1.807, 2.05) is 0 Å². The first-order chi connectivity index (χ1) is 30.3. The molecule has 12 rings (SSSR count). The number of hydrogen-bond acceptors (Lipinski definition) is 2. The van der Waals surface area contributed by atoms with Crippen LogP contribution in [0.4, 0.5) is 17.1 Å². The molecular weight excluding hydrogens is 739 g/mol. The molecule has 0 aliphatic heterocycles. The van der Waals surface area contributed by atoms with E-state index in [2.05, 4.69) is 217 Å². The van der Waals surface area contributed by atoms with E-state index < -0.39 is 5.41 Å². The molecule has 2 aliphatic rings. The molecule has 0 amide bonds. The number of furan rings is 1. The van der Waals surface area contributed by atoms with Gasteiger partial charge in [-0.2, -0.15) is 0 Å². The first kappa shape index (κ1) is 35.5. The minimum Gasteiger partial charge on any atom is -0.454 e. The van der Waals surface area contributed by atoms with Crippen LogP contribution < -0.4 is 4.90 Å². The number of benzene rings is 9. The lowest BCUT2D eigenvalue weighted by molar-refractivity contribution is 0.669. The second-order valence-electron chi connectivity index (χ2n) is 16.6. The summed E-state index contributed by atoms with van der Waals surface area (Å²) in [6.07, 6.45) is 4.61. The lowest BCUT2D eigenvalue weighted by atomic mass is 9.67. The zero-order valence-electron chi connectivity index (χ0n) is 33.9. The Morgan fingerprint density at radius 3 is 1.82 bits per heavy atom. The molecule has 0 radical (unpaired) electrons. The minimum absolute atomic E-state index is 0.563. The number of aryl methyl sites for hydroxylation is 1. The summed E-state index contributed by atoms with van der Waals surface area (Å²) in [5, 5.41) is 2.22. The van der Waals surface area contributed by atoms with E-state index in [9.17, 15) is 0 Å². The SMILES string of the molecule is c1ccc(-c2ccc(N(c3cc4c(cc3-c3cccc5c3CCCC5)-c3ccccc3C4(c3ccccc3)c3ccccc3)c3cccc4c3oc3ccccc34)cc2)cc1. The van der Waals surface area contributed by atoms with E-state index in [-0.39, 0.29) is 0 Å². The molecule has 0 saturated carbocycles. The Balaban J connectivity index is 1.22. The molecule has 61 heavy (non-hydrogen) atoms. The molecule has 0 spiro atoms. The highest BCUT2D eigenvalue weighted by atomic mass is 16.3. The van der Waals surface area contributed by atoms with Gasteiger partial charge in [0, 0.05) is 22.0 Å². The number of nitrogens with zero attached hydrogens (tertiary/aromatic N) is 1. The van der Waals surface area contributed by atoms with Crippen LogP contribution in [0.2, 0.25) is 0 Å². The maximum atomic E-state index is 6.92. The highest BCUT2D eigenvalue weighted by Gasteiger charge is 2.47. The molecule has 0 bridgehead atoms. The molecule has 1 heterocycles. The predicted molar refractivity (Wildman–Crippen MR) is 253 cm³/mol. The number of para-hydroxylation sites is 2. The van der Waals surface area contributed by atoms with Gasteiger partial charge in [0.1, 0.15) is 5.58 Å². The van der Waals surface area contributed by atoms with Crippen LogP contribution in [0.3, 0.4) is 0 Å². The van der Waals surface area contributed by atoms with E-state index in [1.165, 1.54) is 79.6 Å². The van der Waals surface area contributed by atoms with Crippen LogP contribution in [0, 0.1) is 0 Å². The van der Waals surface area contributed by atoms with E-state index in [0.717, 1.165) is 51.8 Å². The monoisotopic (exact) mass is 781 g/mol. The molecule has 2 heteroatoms. The zero-order chi connectivity index (χ0) is 40.3. The molecule has 0 saturated heterocycles. The number of rotatable bonds is 7. The molecule has 0 unspecified atom stereocenters. The average Bonchev–Trinajstić information content (AvgIpc) is 3.86. The fraction of sp³-hybridized carbons (Fsp3) is 0.0847. The van der Waals surface area contributed by atoms with Crippen molar-refractivity contribution >= 4 is 39.0 Å². The number of fused-ring (bicyclic) bond motifs is 7. The van der Waals surface area contributed by atoms with Crippen LogP contribution in [-0.2, 0) is 18.3 Å². The Kier molecular flexibility index (Phi) is 8.38. The molecule has 0 N–H and O–H groups in total. The quantitative estimate of drug-likeness (QED) is 0.160. The van der Waals surface area contributed by atoms with Crippen LogP contribution >= 0.6 is 0 Å². The van der Waals surface area contributed by atoms with Crippen LogP contribution in [0.5, 0.6) is 0 Å². The van der Waals surface area contributed by atoms with Crippen molar-refractivity contribution in [1.82, 2.24) is 0 Å². The van der Waals surface area contributed by atoms with Crippen molar-refractivity contribution in [3.63, 3.8) is 0 Å². The first-order valence-electron chi connectivity index (χ1n) is 21.6. The Morgan fingerprint density at radius 2 is 1.03 bits per heavy atom. The van der Waals surface area contributed by atoms with E-state index in [4.69, 9.17) is 4.42 Å². The molecule has 1 aromatic heterocycles. The van der Waals surface area contributed by atoms with Crippen molar-refractivity contribution < 1.29 is 4.42 Å². The molecule has 0 atom stereocenters. The summed E-state index contributed by atoms with van der Waals surface area (Å²) < 4.78 is 6.92. The van der Waals surface area contributed by atoms with Crippen LogP contribution in [0.1, 0.15) is 46.2 Å². The Bertz CT molecular complexity index is 3200. The average molecular weight is 782 g/mol. The molecule has 10 aromatic rings. The van der Waals surface area contributed by atoms with Gasteiger partial charge in [0.2, 0.25) is 0 Å². The highest BCUT2D eigenvalue weighted by molar-refractivity contribution is 6.11. The van der Waals surface area contributed by atoms with Crippen LogP contribution in [-0.4, -0.2) is 0 Å². The molecule has 290 valence electrons. The Labute approximate surface area is 357 Å². The van der Waals surface area contributed by atoms with Crippen molar-refractivity contribution in [2.45, 2.75) is 31.1 Å². The lowest BCUT2D eigenvalue weighted by Crippen LogP contribution is -2.28. The Hall–Kier alpha value is -7.42. The minimum atomic E-state index is -0.563. The number of hydrogen-bond donors (Lipinski definition) is 0. The van der Waals surface area contributed by atoms with E-state index in [1.54, 1.807) is 0 Å². The Morgan fingerprint density at radius 1 is 0.410 bits per heavy atom. The molecule has 9 aromatic carbocycles. The van der Waals surface area contributed by atoms with Crippen LogP contribution in [0.25, 0.3) is 55.3 Å². The third kappa shape index (κ3) is 5.56. The fourth-order valence-electron chi connectivity index (χ4n) is 10.7. The van der Waals surface area contributed by atoms with Gasteiger partial charge in [-0.15, -0.1) is 0 Å². The summed E-state index contributed by atoms with van der Waals surface area (Å²) in [6, 6.07) is 78.3. The van der Waals surface area contributed by atoms with Crippen molar-refractivity contribution in [1.29, 1.82) is 0 Å². The fourth-order valence-corrected chi connectivity index (χ4v) is 10.7. The van der Waals surface area contributed by atoms with Crippen molar-refractivity contribution in [3.05, 3.63) is 246 Å². The van der Waals surface area contributed by atoms with Gasteiger partial charge in [0.15, 0.2) is 5.58 Å².